The van der Waals surface area contributed by atoms with Crippen LogP contribution in [0.2, 0.25) is 5.02 Å². The Labute approximate surface area is 156 Å². The third-order valence-corrected chi connectivity index (χ3v) is 4.99. The Balaban J connectivity index is 1.73. The molecule has 0 bridgehead atoms. The molecule has 3 aromatic carbocycles. The maximum Gasteiger partial charge on any atom is 0.209 e. The zero-order chi connectivity index (χ0) is 17.5. The van der Waals surface area contributed by atoms with Crippen LogP contribution >= 0.6 is 11.6 Å². The quantitative estimate of drug-likeness (QED) is 0.495. The molecule has 1 atom stereocenters. The molecule has 0 radical (unpaired) electrons. The summed E-state index contributed by atoms with van der Waals surface area (Å²) >= 11 is 6.10. The smallest absolute Gasteiger partial charge is 0.209 e. The van der Waals surface area contributed by atoms with Crippen molar-refractivity contribution in [3.63, 3.8) is 0 Å². The number of anilines is 1. The molecular weight excluding hydrogens is 342 g/mol. The Morgan fingerprint density at radius 2 is 1.58 bits per heavy atom. The predicted molar refractivity (Wildman–Crippen MR) is 107 cm³/mol. The van der Waals surface area contributed by atoms with Gasteiger partial charge in [0, 0.05) is 10.7 Å². The lowest BCUT2D eigenvalue weighted by atomic mass is 10.0. The highest BCUT2D eigenvalue weighted by molar-refractivity contribution is 6.30. The Morgan fingerprint density at radius 1 is 0.846 bits per heavy atom. The van der Waals surface area contributed by atoms with Gasteiger partial charge in [0.25, 0.3) is 0 Å². The molecule has 0 fully saturated rings. The molecular formula is C22H16ClN3. The van der Waals surface area contributed by atoms with Crippen LogP contribution < -0.4 is 5.32 Å². The van der Waals surface area contributed by atoms with Crippen LogP contribution in [-0.4, -0.2) is 9.55 Å². The summed E-state index contributed by atoms with van der Waals surface area (Å²) in [5.74, 6) is 0.854. The van der Waals surface area contributed by atoms with E-state index < -0.39 is 0 Å². The van der Waals surface area contributed by atoms with Crippen LogP contribution in [-0.2, 0) is 0 Å². The molecule has 4 aromatic rings. The van der Waals surface area contributed by atoms with Gasteiger partial charge >= 0.3 is 0 Å². The number of aromatic nitrogens is 2. The lowest BCUT2D eigenvalue weighted by molar-refractivity contribution is 0.720. The maximum absolute atomic E-state index is 6.10. The Bertz CT molecular complexity index is 1110. The molecule has 0 spiro atoms. The van der Waals surface area contributed by atoms with E-state index in [0.29, 0.717) is 0 Å². The molecule has 1 aliphatic heterocycles. The Kier molecular flexibility index (Phi) is 3.54. The first-order valence-corrected chi connectivity index (χ1v) is 8.94. The Morgan fingerprint density at radius 3 is 2.38 bits per heavy atom. The van der Waals surface area contributed by atoms with Crippen molar-refractivity contribution >= 4 is 34.3 Å². The highest BCUT2D eigenvalue weighted by Crippen LogP contribution is 2.37. The minimum atomic E-state index is 0.0473. The predicted octanol–water partition coefficient (Wildman–Crippen LogP) is 5.75. The zero-order valence-electron chi connectivity index (χ0n) is 13.9. The van der Waals surface area contributed by atoms with E-state index in [4.69, 9.17) is 16.6 Å². The largest absolute Gasteiger partial charge is 0.325 e. The van der Waals surface area contributed by atoms with Gasteiger partial charge in [0.1, 0.15) is 0 Å². The number of benzene rings is 3. The molecule has 2 heterocycles. The lowest BCUT2D eigenvalue weighted by Gasteiger charge is -2.26. The van der Waals surface area contributed by atoms with Crippen molar-refractivity contribution in [3.05, 3.63) is 101 Å². The van der Waals surface area contributed by atoms with Gasteiger partial charge in [0.15, 0.2) is 0 Å². The van der Waals surface area contributed by atoms with E-state index in [1.807, 2.05) is 48.5 Å². The SMILES string of the molecule is Clc1ccc(C2C=C(c3ccccc3)Nc3nc4ccccc4n32)cc1. The summed E-state index contributed by atoms with van der Waals surface area (Å²) in [6.07, 6.45) is 2.25. The van der Waals surface area contributed by atoms with Crippen molar-refractivity contribution in [3.8, 4) is 0 Å². The highest BCUT2D eigenvalue weighted by Gasteiger charge is 2.25. The van der Waals surface area contributed by atoms with Crippen LogP contribution in [0.4, 0.5) is 5.95 Å². The van der Waals surface area contributed by atoms with Crippen molar-refractivity contribution in [1.29, 1.82) is 0 Å². The second kappa shape index (κ2) is 6.04. The molecule has 3 nitrogen and oxygen atoms in total. The minimum Gasteiger partial charge on any atom is -0.325 e. The number of nitrogens with one attached hydrogen (secondary N) is 1. The second-order valence-corrected chi connectivity index (χ2v) is 6.80. The molecule has 1 N–H and O–H groups in total. The lowest BCUT2D eigenvalue weighted by Crippen LogP contribution is -2.19. The summed E-state index contributed by atoms with van der Waals surface area (Å²) in [6.45, 7) is 0. The summed E-state index contributed by atoms with van der Waals surface area (Å²) in [5.41, 5.74) is 5.47. The van der Waals surface area contributed by atoms with Gasteiger partial charge in [-0.05, 0) is 41.5 Å². The Hall–Kier alpha value is -3.04. The van der Waals surface area contributed by atoms with Crippen LogP contribution in [0.5, 0.6) is 0 Å². The van der Waals surface area contributed by atoms with Gasteiger partial charge in [0.2, 0.25) is 5.95 Å². The normalized spacial score (nSPS) is 16.0. The average Bonchev–Trinajstić information content (AvgIpc) is 3.07. The summed E-state index contributed by atoms with van der Waals surface area (Å²) < 4.78 is 2.24. The number of halogens is 1. The van der Waals surface area contributed by atoms with Crippen molar-refractivity contribution in [1.82, 2.24) is 9.55 Å². The van der Waals surface area contributed by atoms with Crippen LogP contribution in [0.25, 0.3) is 16.7 Å². The third kappa shape index (κ3) is 2.49. The topological polar surface area (TPSA) is 29.9 Å². The van der Waals surface area contributed by atoms with E-state index >= 15 is 0 Å². The molecule has 0 saturated heterocycles. The van der Waals surface area contributed by atoms with E-state index in [1.54, 1.807) is 0 Å². The van der Waals surface area contributed by atoms with Crippen molar-refractivity contribution in [2.24, 2.45) is 0 Å². The van der Waals surface area contributed by atoms with E-state index in [0.717, 1.165) is 33.3 Å². The molecule has 5 rings (SSSR count). The van der Waals surface area contributed by atoms with Crippen molar-refractivity contribution in [2.75, 3.05) is 5.32 Å². The van der Waals surface area contributed by atoms with Crippen LogP contribution in [0.3, 0.4) is 0 Å². The standard InChI is InChI=1S/C22H16ClN3/c23-17-12-10-16(11-13-17)21-14-19(15-6-2-1-3-7-15)25-22-24-18-8-4-5-9-20(18)26(21)22/h1-14,21H,(H,24,25). The number of imidazole rings is 1. The van der Waals surface area contributed by atoms with Gasteiger partial charge in [-0.3, -0.25) is 4.57 Å². The number of rotatable bonds is 2. The third-order valence-electron chi connectivity index (χ3n) is 4.74. The summed E-state index contributed by atoms with van der Waals surface area (Å²) in [6, 6.07) is 26.6. The van der Waals surface area contributed by atoms with Crippen molar-refractivity contribution < 1.29 is 0 Å². The molecule has 0 amide bonds. The fraction of sp³-hybridized carbons (Fsp3) is 0.0455. The van der Waals surface area contributed by atoms with Crippen LogP contribution in [0, 0.1) is 0 Å². The molecule has 26 heavy (non-hydrogen) atoms. The number of hydrogen-bond donors (Lipinski definition) is 1. The van der Waals surface area contributed by atoms with Crippen LogP contribution in [0.15, 0.2) is 84.9 Å². The molecule has 1 aromatic heterocycles. The van der Waals surface area contributed by atoms with Gasteiger partial charge < -0.3 is 5.32 Å². The number of nitrogens with zero attached hydrogens (tertiary/aromatic N) is 2. The van der Waals surface area contributed by atoms with E-state index in [-0.39, 0.29) is 6.04 Å². The first kappa shape index (κ1) is 15.2. The van der Waals surface area contributed by atoms with Gasteiger partial charge in [-0.15, -0.1) is 0 Å². The number of hydrogen-bond acceptors (Lipinski definition) is 2. The van der Waals surface area contributed by atoms with Gasteiger partial charge in [-0.1, -0.05) is 66.2 Å². The number of allylic oxidation sites excluding steroid dienone is 1. The summed E-state index contributed by atoms with van der Waals surface area (Å²) in [4.78, 5) is 4.81. The number of fused-ring (bicyclic) bond motifs is 3. The maximum atomic E-state index is 6.10. The monoisotopic (exact) mass is 357 g/mol. The molecule has 126 valence electrons. The van der Waals surface area contributed by atoms with Gasteiger partial charge in [-0.25, -0.2) is 4.98 Å². The highest BCUT2D eigenvalue weighted by atomic mass is 35.5. The second-order valence-electron chi connectivity index (χ2n) is 6.36. The molecule has 4 heteroatoms. The first-order valence-electron chi connectivity index (χ1n) is 8.56. The molecule has 1 aliphatic rings. The van der Waals surface area contributed by atoms with Crippen molar-refractivity contribution in [2.45, 2.75) is 6.04 Å². The van der Waals surface area contributed by atoms with Gasteiger partial charge in [-0.2, -0.15) is 0 Å². The van der Waals surface area contributed by atoms with E-state index in [2.05, 4.69) is 46.3 Å². The fourth-order valence-electron chi connectivity index (χ4n) is 3.50. The molecule has 0 aliphatic carbocycles. The van der Waals surface area contributed by atoms with E-state index in [9.17, 15) is 0 Å². The average molecular weight is 358 g/mol. The molecule has 1 unspecified atom stereocenters. The minimum absolute atomic E-state index is 0.0473. The molecule has 0 saturated carbocycles. The first-order chi connectivity index (χ1) is 12.8. The number of para-hydroxylation sites is 2. The van der Waals surface area contributed by atoms with Crippen LogP contribution in [0.1, 0.15) is 17.2 Å². The van der Waals surface area contributed by atoms with E-state index in [1.165, 1.54) is 5.56 Å². The zero-order valence-corrected chi connectivity index (χ0v) is 14.7. The fourth-order valence-corrected chi connectivity index (χ4v) is 3.63. The summed E-state index contributed by atoms with van der Waals surface area (Å²) in [5, 5.41) is 4.24. The summed E-state index contributed by atoms with van der Waals surface area (Å²) in [7, 11) is 0. The van der Waals surface area contributed by atoms with Gasteiger partial charge in [0.05, 0.1) is 17.1 Å².